The van der Waals surface area contributed by atoms with Gasteiger partial charge < -0.3 is 19.2 Å². The molecule has 1 aliphatic rings. The lowest BCUT2D eigenvalue weighted by Gasteiger charge is -2.07. The molecule has 0 radical (unpaired) electrons. The van der Waals surface area contributed by atoms with Gasteiger partial charge in [-0.15, -0.1) is 0 Å². The highest BCUT2D eigenvalue weighted by atomic mass is 16.5. The van der Waals surface area contributed by atoms with Gasteiger partial charge in [-0.05, 0) is 12.1 Å². The Bertz CT molecular complexity index is 915. The van der Waals surface area contributed by atoms with Gasteiger partial charge in [0, 0.05) is 41.5 Å². The number of pyridine rings is 1. The molecular weight excluding hydrogens is 322 g/mol. The van der Waals surface area contributed by atoms with Crippen molar-refractivity contribution >= 4 is 22.7 Å². The van der Waals surface area contributed by atoms with Crippen LogP contribution < -0.4 is 20.3 Å². The lowest BCUT2D eigenvalue weighted by Crippen LogP contribution is -2.27. The molecule has 0 amide bonds. The molecule has 1 aromatic carbocycles. The second-order valence-electron chi connectivity index (χ2n) is 5.40. The van der Waals surface area contributed by atoms with E-state index in [1.165, 1.54) is 0 Å². The summed E-state index contributed by atoms with van der Waals surface area (Å²) in [7, 11) is 3.19. The fourth-order valence-electron chi connectivity index (χ4n) is 2.66. The van der Waals surface area contributed by atoms with Gasteiger partial charge >= 0.3 is 6.02 Å². The van der Waals surface area contributed by atoms with E-state index in [2.05, 4.69) is 25.8 Å². The molecule has 1 unspecified atom stereocenters. The van der Waals surface area contributed by atoms with Crippen LogP contribution in [-0.4, -0.2) is 30.2 Å². The number of ether oxygens (including phenoxy) is 3. The largest absolute Gasteiger partial charge is 0.497 e. The van der Waals surface area contributed by atoms with Crippen molar-refractivity contribution in [3.8, 4) is 11.5 Å². The average molecular weight is 339 g/mol. The van der Waals surface area contributed by atoms with E-state index in [0.717, 1.165) is 16.6 Å². The Balaban J connectivity index is 1.59. The number of hydrogen-bond donors (Lipinski definition) is 3. The number of hydrazine groups is 1. The summed E-state index contributed by atoms with van der Waals surface area (Å²) in [6, 6.07) is 9.61. The van der Waals surface area contributed by atoms with E-state index in [4.69, 9.17) is 14.2 Å². The number of benzene rings is 1. The Morgan fingerprint density at radius 2 is 1.96 bits per heavy atom. The predicted octanol–water partition coefficient (Wildman–Crippen LogP) is 2.39. The molecule has 0 saturated carbocycles. The molecule has 1 fully saturated rings. The summed E-state index contributed by atoms with van der Waals surface area (Å²) in [6.45, 7) is 0. The normalized spacial score (nSPS) is 18.2. The zero-order chi connectivity index (χ0) is 17.2. The molecule has 1 saturated heterocycles. The molecule has 3 heterocycles. The molecule has 25 heavy (non-hydrogen) atoms. The van der Waals surface area contributed by atoms with E-state index in [1.54, 1.807) is 38.6 Å². The highest BCUT2D eigenvalue weighted by Crippen LogP contribution is 2.29. The van der Waals surface area contributed by atoms with E-state index in [1.807, 2.05) is 18.3 Å². The maximum Gasteiger partial charge on any atom is 0.306 e. The maximum atomic E-state index is 5.86. The Hall–Kier alpha value is -3.26. The summed E-state index contributed by atoms with van der Waals surface area (Å²) in [5.74, 6) is 1.31. The van der Waals surface area contributed by atoms with Crippen molar-refractivity contribution in [3.05, 3.63) is 48.3 Å². The van der Waals surface area contributed by atoms with Crippen molar-refractivity contribution in [2.45, 2.75) is 6.23 Å². The number of hydrogen-bond acceptors (Lipinski definition) is 6. The van der Waals surface area contributed by atoms with Crippen LogP contribution in [0, 0.1) is 0 Å². The third-order valence-electron chi connectivity index (χ3n) is 3.87. The van der Waals surface area contributed by atoms with Gasteiger partial charge in [-0.2, -0.15) is 10.4 Å². The Morgan fingerprint density at radius 3 is 2.72 bits per heavy atom. The van der Waals surface area contributed by atoms with Crippen LogP contribution in [0.5, 0.6) is 11.5 Å². The first kappa shape index (κ1) is 15.3. The van der Waals surface area contributed by atoms with Gasteiger partial charge in [0.1, 0.15) is 17.1 Å². The molecule has 128 valence electrons. The van der Waals surface area contributed by atoms with Crippen LogP contribution in [0.4, 0.5) is 5.69 Å². The van der Waals surface area contributed by atoms with Gasteiger partial charge in [-0.1, -0.05) is 0 Å². The lowest BCUT2D eigenvalue weighted by molar-refractivity contribution is 0.201. The molecular formula is C17H17N5O3. The summed E-state index contributed by atoms with van der Waals surface area (Å²) in [5.41, 5.74) is 8.42. The van der Waals surface area contributed by atoms with Crippen LogP contribution in [-0.2, 0) is 4.74 Å². The number of methoxy groups -OCH3 is 2. The Labute approximate surface area is 143 Å². The van der Waals surface area contributed by atoms with Gasteiger partial charge in [0.2, 0.25) is 0 Å². The fraction of sp³-hybridized carbons (Fsp3) is 0.176. The van der Waals surface area contributed by atoms with Gasteiger partial charge in [0.25, 0.3) is 0 Å². The van der Waals surface area contributed by atoms with Crippen LogP contribution in [0.25, 0.3) is 11.0 Å². The van der Waals surface area contributed by atoms with Gasteiger partial charge in [0.05, 0.1) is 19.9 Å². The van der Waals surface area contributed by atoms with Crippen LogP contribution in [0.3, 0.4) is 0 Å². The predicted molar refractivity (Wildman–Crippen MR) is 92.8 cm³/mol. The number of fused-ring (bicyclic) bond motifs is 1. The number of rotatable bonds is 4. The third kappa shape index (κ3) is 2.94. The number of aromatic nitrogens is 2. The minimum Gasteiger partial charge on any atom is -0.497 e. The van der Waals surface area contributed by atoms with Crippen LogP contribution >= 0.6 is 0 Å². The first-order valence-electron chi connectivity index (χ1n) is 7.69. The van der Waals surface area contributed by atoms with Crippen LogP contribution in [0.15, 0.2) is 47.7 Å². The van der Waals surface area contributed by atoms with E-state index < -0.39 is 0 Å². The summed E-state index contributed by atoms with van der Waals surface area (Å²) in [5, 5.41) is 0.992. The van der Waals surface area contributed by atoms with E-state index in [9.17, 15) is 0 Å². The van der Waals surface area contributed by atoms with Gasteiger partial charge in [-0.25, -0.2) is 4.98 Å². The molecule has 3 aromatic rings. The zero-order valence-corrected chi connectivity index (χ0v) is 13.7. The van der Waals surface area contributed by atoms with E-state index in [-0.39, 0.29) is 6.23 Å². The summed E-state index contributed by atoms with van der Waals surface area (Å²) >= 11 is 0. The van der Waals surface area contributed by atoms with E-state index in [0.29, 0.717) is 23.2 Å². The monoisotopic (exact) mass is 339 g/mol. The van der Waals surface area contributed by atoms with Gasteiger partial charge in [-0.3, -0.25) is 5.43 Å². The SMILES string of the molecule is COc1cc(N=C2NNC(c3c[nH]c4ncccc34)O2)cc(OC)c1. The number of aromatic amines is 1. The van der Waals surface area contributed by atoms with Crippen molar-refractivity contribution in [2.75, 3.05) is 14.2 Å². The highest BCUT2D eigenvalue weighted by molar-refractivity contribution is 5.82. The van der Waals surface area contributed by atoms with E-state index >= 15 is 0 Å². The molecule has 3 N–H and O–H groups in total. The summed E-state index contributed by atoms with van der Waals surface area (Å²) in [4.78, 5) is 11.9. The molecule has 0 spiro atoms. The van der Waals surface area contributed by atoms with Crippen LogP contribution in [0.1, 0.15) is 11.8 Å². The molecule has 1 atom stereocenters. The molecule has 8 nitrogen and oxygen atoms in total. The number of nitrogens with zero attached hydrogens (tertiary/aromatic N) is 2. The zero-order valence-electron chi connectivity index (χ0n) is 13.7. The topological polar surface area (TPSA) is 92.8 Å². The second-order valence-corrected chi connectivity index (χ2v) is 5.40. The summed E-state index contributed by atoms with van der Waals surface area (Å²) in [6.07, 6.45) is 3.24. The number of amidine groups is 1. The Morgan fingerprint density at radius 1 is 1.16 bits per heavy atom. The summed E-state index contributed by atoms with van der Waals surface area (Å²) < 4.78 is 16.4. The molecule has 2 aromatic heterocycles. The van der Waals surface area contributed by atoms with Crippen molar-refractivity contribution < 1.29 is 14.2 Å². The molecule has 0 aliphatic carbocycles. The van der Waals surface area contributed by atoms with Crippen molar-refractivity contribution in [3.63, 3.8) is 0 Å². The standard InChI is InChI=1S/C17H17N5O3/c1-23-11-6-10(7-12(8-11)24-2)20-17-22-21-16(25-17)14-9-19-15-13(14)4-3-5-18-15/h3-9,16,21H,1-2H3,(H,18,19)(H,20,22). The molecule has 0 bridgehead atoms. The molecule has 1 aliphatic heterocycles. The number of nitrogens with one attached hydrogen (secondary N) is 3. The minimum atomic E-state index is -0.371. The van der Waals surface area contributed by atoms with Crippen molar-refractivity contribution in [1.82, 2.24) is 20.8 Å². The lowest BCUT2D eigenvalue weighted by atomic mass is 10.2. The Kier molecular flexibility index (Phi) is 3.87. The van der Waals surface area contributed by atoms with Gasteiger partial charge in [0.15, 0.2) is 6.23 Å². The average Bonchev–Trinajstić information content (AvgIpc) is 3.27. The second kappa shape index (κ2) is 6.33. The molecule has 8 heteroatoms. The molecule has 4 rings (SSSR count). The maximum absolute atomic E-state index is 5.86. The fourth-order valence-corrected chi connectivity index (χ4v) is 2.66. The third-order valence-corrected chi connectivity index (χ3v) is 3.87. The van der Waals surface area contributed by atoms with Crippen molar-refractivity contribution in [2.24, 2.45) is 4.99 Å². The minimum absolute atomic E-state index is 0.360. The van der Waals surface area contributed by atoms with Crippen molar-refractivity contribution in [1.29, 1.82) is 0 Å². The highest BCUT2D eigenvalue weighted by Gasteiger charge is 2.25. The quantitative estimate of drug-likeness (QED) is 0.676. The van der Waals surface area contributed by atoms with Crippen LogP contribution in [0.2, 0.25) is 0 Å². The first-order valence-corrected chi connectivity index (χ1v) is 7.69. The smallest absolute Gasteiger partial charge is 0.306 e. The number of H-pyrrole nitrogens is 1. The first-order chi connectivity index (χ1) is 12.3. The number of aliphatic imine (C=N–C) groups is 1.